The molecule has 0 aromatic rings. The lowest BCUT2D eigenvalue weighted by Gasteiger charge is -2.10. The Morgan fingerprint density at radius 1 is 1.42 bits per heavy atom. The Bertz CT molecular complexity index is 118. The van der Waals surface area contributed by atoms with Gasteiger partial charge in [-0.1, -0.05) is 45.3 Å². The van der Waals surface area contributed by atoms with Crippen molar-refractivity contribution in [3.63, 3.8) is 0 Å². The summed E-state index contributed by atoms with van der Waals surface area (Å²) in [6, 6.07) is 0. The van der Waals surface area contributed by atoms with Crippen LogP contribution in [0, 0.1) is 5.92 Å². The van der Waals surface area contributed by atoms with E-state index >= 15 is 0 Å². The molecule has 0 radical (unpaired) electrons. The third-order valence-corrected chi connectivity index (χ3v) is 2.33. The van der Waals surface area contributed by atoms with Crippen LogP contribution < -0.4 is 5.73 Å². The van der Waals surface area contributed by atoms with Crippen LogP contribution in [-0.2, 0) is 0 Å². The molecule has 1 atom stereocenters. The van der Waals surface area contributed by atoms with Gasteiger partial charge in [0.05, 0.1) is 0 Å². The maximum atomic E-state index is 5.46. The van der Waals surface area contributed by atoms with Crippen molar-refractivity contribution in [2.24, 2.45) is 11.7 Å². The van der Waals surface area contributed by atoms with E-state index in [9.17, 15) is 0 Å². The first-order valence-corrected chi connectivity index (χ1v) is 5.07. The van der Waals surface area contributed by atoms with Crippen molar-refractivity contribution in [3.05, 3.63) is 12.2 Å². The topological polar surface area (TPSA) is 26.0 Å². The molecule has 2 N–H and O–H groups in total. The minimum Gasteiger partial charge on any atom is -0.327 e. The van der Waals surface area contributed by atoms with Gasteiger partial charge in [-0.15, -0.1) is 0 Å². The van der Waals surface area contributed by atoms with E-state index in [4.69, 9.17) is 5.73 Å². The molecule has 0 aliphatic heterocycles. The van der Waals surface area contributed by atoms with Gasteiger partial charge in [-0.05, 0) is 18.8 Å². The van der Waals surface area contributed by atoms with Gasteiger partial charge in [-0.25, -0.2) is 0 Å². The van der Waals surface area contributed by atoms with Crippen molar-refractivity contribution in [2.75, 3.05) is 6.54 Å². The van der Waals surface area contributed by atoms with E-state index in [1.54, 1.807) is 0 Å². The molecule has 0 aromatic carbocycles. The predicted octanol–water partition coefficient (Wildman–Crippen LogP) is 3.11. The summed E-state index contributed by atoms with van der Waals surface area (Å²) in [7, 11) is 0. The number of rotatable bonds is 7. The highest BCUT2D eigenvalue weighted by molar-refractivity contribution is 4.95. The molecule has 0 amide bonds. The van der Waals surface area contributed by atoms with Crippen molar-refractivity contribution >= 4 is 0 Å². The molecule has 0 saturated heterocycles. The Kier molecular flexibility index (Phi) is 7.17. The minimum atomic E-state index is 0.653. The second-order valence-electron chi connectivity index (χ2n) is 3.74. The van der Waals surface area contributed by atoms with Gasteiger partial charge < -0.3 is 5.73 Å². The predicted molar refractivity (Wildman–Crippen MR) is 56.1 cm³/mol. The Hall–Kier alpha value is -0.300. The molecular weight excluding hydrogens is 146 g/mol. The van der Waals surface area contributed by atoms with Crippen LogP contribution in [0.1, 0.15) is 46.0 Å². The third kappa shape index (κ3) is 6.41. The lowest BCUT2D eigenvalue weighted by molar-refractivity contribution is 0.470. The monoisotopic (exact) mass is 169 g/mol. The zero-order valence-electron chi connectivity index (χ0n) is 8.60. The van der Waals surface area contributed by atoms with Crippen molar-refractivity contribution < 1.29 is 0 Å². The summed E-state index contributed by atoms with van der Waals surface area (Å²) in [5.74, 6) is 0.841. The summed E-state index contributed by atoms with van der Waals surface area (Å²) in [4.78, 5) is 0. The smallest absolute Gasteiger partial charge is 0.0134 e. The van der Waals surface area contributed by atoms with Crippen molar-refractivity contribution in [2.45, 2.75) is 46.0 Å². The highest BCUT2D eigenvalue weighted by Gasteiger charge is 2.01. The first-order chi connectivity index (χ1) is 5.70. The quantitative estimate of drug-likeness (QED) is 0.582. The van der Waals surface area contributed by atoms with E-state index in [0.717, 1.165) is 12.3 Å². The van der Waals surface area contributed by atoms with Crippen LogP contribution in [0.3, 0.4) is 0 Å². The molecule has 0 heterocycles. The lowest BCUT2D eigenvalue weighted by Crippen LogP contribution is -2.03. The van der Waals surface area contributed by atoms with E-state index < -0.39 is 0 Å². The Labute approximate surface area is 77.0 Å². The number of nitrogens with two attached hydrogens (primary N) is 1. The van der Waals surface area contributed by atoms with E-state index in [0.29, 0.717) is 6.54 Å². The summed E-state index contributed by atoms with van der Waals surface area (Å²) in [6.45, 7) is 9.11. The van der Waals surface area contributed by atoms with E-state index in [2.05, 4.69) is 20.4 Å². The lowest BCUT2D eigenvalue weighted by atomic mass is 9.97. The maximum Gasteiger partial charge on any atom is 0.0134 e. The van der Waals surface area contributed by atoms with Crippen LogP contribution in [0.4, 0.5) is 0 Å². The van der Waals surface area contributed by atoms with Gasteiger partial charge in [0.2, 0.25) is 0 Å². The standard InChI is InChI=1S/C11H23N/c1-4-5-6-10(2)7-8-11(3)9-12/h10H,3-9,12H2,1-2H3. The van der Waals surface area contributed by atoms with Crippen LogP contribution in [-0.4, -0.2) is 6.54 Å². The van der Waals surface area contributed by atoms with Crippen LogP contribution in [0.25, 0.3) is 0 Å². The molecule has 1 nitrogen and oxygen atoms in total. The molecule has 1 unspecified atom stereocenters. The first-order valence-electron chi connectivity index (χ1n) is 5.07. The molecule has 72 valence electrons. The number of hydrogen-bond donors (Lipinski definition) is 1. The van der Waals surface area contributed by atoms with E-state index in [1.165, 1.54) is 31.3 Å². The molecule has 0 bridgehead atoms. The first kappa shape index (κ1) is 11.7. The van der Waals surface area contributed by atoms with E-state index in [1.807, 2.05) is 0 Å². The van der Waals surface area contributed by atoms with Gasteiger partial charge in [0.15, 0.2) is 0 Å². The Morgan fingerprint density at radius 3 is 2.58 bits per heavy atom. The molecule has 0 fully saturated rings. The second-order valence-corrected chi connectivity index (χ2v) is 3.74. The summed E-state index contributed by atoms with van der Waals surface area (Å²) >= 11 is 0. The van der Waals surface area contributed by atoms with Crippen LogP contribution in [0.2, 0.25) is 0 Å². The largest absolute Gasteiger partial charge is 0.327 e. The fourth-order valence-electron chi connectivity index (χ4n) is 1.25. The summed E-state index contributed by atoms with van der Waals surface area (Å²) in [6.07, 6.45) is 6.39. The van der Waals surface area contributed by atoms with Crippen LogP contribution in [0.15, 0.2) is 12.2 Å². The summed E-state index contributed by atoms with van der Waals surface area (Å²) in [5, 5.41) is 0. The normalized spacial score (nSPS) is 12.9. The van der Waals surface area contributed by atoms with Gasteiger partial charge in [0.1, 0.15) is 0 Å². The van der Waals surface area contributed by atoms with Crippen molar-refractivity contribution in [1.29, 1.82) is 0 Å². The fraction of sp³-hybridized carbons (Fsp3) is 0.818. The minimum absolute atomic E-state index is 0.653. The summed E-state index contributed by atoms with van der Waals surface area (Å²) in [5.41, 5.74) is 6.65. The average Bonchev–Trinajstić information content (AvgIpc) is 2.10. The molecule has 12 heavy (non-hydrogen) atoms. The number of unbranched alkanes of at least 4 members (excludes halogenated alkanes) is 1. The summed E-state index contributed by atoms with van der Waals surface area (Å²) < 4.78 is 0. The third-order valence-electron chi connectivity index (χ3n) is 2.33. The highest BCUT2D eigenvalue weighted by atomic mass is 14.5. The second kappa shape index (κ2) is 7.35. The average molecular weight is 169 g/mol. The van der Waals surface area contributed by atoms with Crippen LogP contribution >= 0.6 is 0 Å². The van der Waals surface area contributed by atoms with Gasteiger partial charge >= 0.3 is 0 Å². The van der Waals surface area contributed by atoms with Crippen LogP contribution in [0.5, 0.6) is 0 Å². The van der Waals surface area contributed by atoms with Gasteiger partial charge in [-0.3, -0.25) is 0 Å². The fourth-order valence-corrected chi connectivity index (χ4v) is 1.25. The molecule has 1 heteroatoms. The van der Waals surface area contributed by atoms with Gasteiger partial charge in [-0.2, -0.15) is 0 Å². The number of hydrogen-bond acceptors (Lipinski definition) is 1. The zero-order chi connectivity index (χ0) is 9.40. The maximum absolute atomic E-state index is 5.46. The highest BCUT2D eigenvalue weighted by Crippen LogP contribution is 2.15. The molecule has 0 spiro atoms. The molecule has 0 aliphatic carbocycles. The Morgan fingerprint density at radius 2 is 2.08 bits per heavy atom. The molecular formula is C11H23N. The zero-order valence-corrected chi connectivity index (χ0v) is 8.60. The molecule has 0 rings (SSSR count). The van der Waals surface area contributed by atoms with Crippen molar-refractivity contribution in [1.82, 2.24) is 0 Å². The molecule has 0 aliphatic rings. The van der Waals surface area contributed by atoms with Gasteiger partial charge in [0, 0.05) is 6.54 Å². The molecule has 0 saturated carbocycles. The SMILES string of the molecule is C=C(CN)CCC(C)CCCC. The van der Waals surface area contributed by atoms with Crippen molar-refractivity contribution in [3.8, 4) is 0 Å². The molecule has 0 aromatic heterocycles. The van der Waals surface area contributed by atoms with Gasteiger partial charge in [0.25, 0.3) is 0 Å². The van der Waals surface area contributed by atoms with E-state index in [-0.39, 0.29) is 0 Å². The Balaban J connectivity index is 3.30.